The number of fused-ring (bicyclic) bond motifs is 1. The van der Waals surface area contributed by atoms with Crippen molar-refractivity contribution >= 4 is 0 Å². The van der Waals surface area contributed by atoms with E-state index in [1.807, 2.05) is 0 Å². The zero-order valence-electron chi connectivity index (χ0n) is 12.4. The zero-order valence-corrected chi connectivity index (χ0v) is 12.4. The Morgan fingerprint density at radius 1 is 1.32 bits per heavy atom. The summed E-state index contributed by atoms with van der Waals surface area (Å²) >= 11 is 0. The summed E-state index contributed by atoms with van der Waals surface area (Å²) in [4.78, 5) is 5.04. The van der Waals surface area contributed by atoms with E-state index in [1.54, 1.807) is 0 Å². The summed E-state index contributed by atoms with van der Waals surface area (Å²) in [6.07, 6.45) is 9.25. The van der Waals surface area contributed by atoms with Gasteiger partial charge in [-0.1, -0.05) is 26.2 Å². The van der Waals surface area contributed by atoms with Gasteiger partial charge in [0.25, 0.3) is 0 Å². The lowest BCUT2D eigenvalue weighted by atomic mass is 9.88. The Bertz CT molecular complexity index is 429. The number of nitrogens with one attached hydrogen (secondary N) is 1. The first-order valence-corrected chi connectivity index (χ1v) is 8.11. The van der Waals surface area contributed by atoms with Crippen LogP contribution in [0.1, 0.15) is 81.5 Å². The maximum Gasteiger partial charge on any atom is 0.112 e. The number of nitrogens with zero attached hydrogens (tertiary/aromatic N) is 2. The fourth-order valence-electron chi connectivity index (χ4n) is 3.68. The van der Waals surface area contributed by atoms with E-state index in [0.717, 1.165) is 19.5 Å². The molecule has 1 aromatic heterocycles. The number of aromatic nitrogens is 2. The van der Waals surface area contributed by atoms with Crippen molar-refractivity contribution in [3.05, 3.63) is 17.2 Å². The first kappa shape index (κ1) is 13.2. The van der Waals surface area contributed by atoms with Gasteiger partial charge in [0.2, 0.25) is 0 Å². The Kier molecular flexibility index (Phi) is 3.92. The standard InChI is InChI=1S/C16H27N3/c1-3-12(2)19-15-9-10-17-11-14(15)18-16(19)13-7-5-4-6-8-13/h12-13,17H,3-11H2,1-2H3. The van der Waals surface area contributed by atoms with Gasteiger partial charge in [-0.05, 0) is 26.2 Å². The Labute approximate surface area is 116 Å². The molecule has 2 heterocycles. The molecule has 0 aromatic carbocycles. The van der Waals surface area contributed by atoms with E-state index in [0.29, 0.717) is 12.0 Å². The van der Waals surface area contributed by atoms with Crippen molar-refractivity contribution in [2.45, 2.75) is 77.3 Å². The van der Waals surface area contributed by atoms with Crippen molar-refractivity contribution in [2.24, 2.45) is 0 Å². The van der Waals surface area contributed by atoms with Gasteiger partial charge >= 0.3 is 0 Å². The van der Waals surface area contributed by atoms with Crippen LogP contribution in [0.4, 0.5) is 0 Å². The highest BCUT2D eigenvalue weighted by atomic mass is 15.1. The minimum Gasteiger partial charge on any atom is -0.329 e. The van der Waals surface area contributed by atoms with Crippen LogP contribution in [0.25, 0.3) is 0 Å². The highest BCUT2D eigenvalue weighted by Crippen LogP contribution is 2.35. The third-order valence-corrected chi connectivity index (χ3v) is 4.95. The van der Waals surface area contributed by atoms with Crippen molar-refractivity contribution in [1.29, 1.82) is 0 Å². The van der Waals surface area contributed by atoms with Crippen LogP contribution >= 0.6 is 0 Å². The van der Waals surface area contributed by atoms with Crippen molar-refractivity contribution in [3.8, 4) is 0 Å². The van der Waals surface area contributed by atoms with E-state index < -0.39 is 0 Å². The third kappa shape index (κ3) is 2.45. The van der Waals surface area contributed by atoms with Gasteiger partial charge in [0.1, 0.15) is 5.82 Å². The lowest BCUT2D eigenvalue weighted by Crippen LogP contribution is -2.26. The van der Waals surface area contributed by atoms with Crippen LogP contribution in [0.15, 0.2) is 0 Å². The van der Waals surface area contributed by atoms with Crippen molar-refractivity contribution in [3.63, 3.8) is 0 Å². The Balaban J connectivity index is 1.99. The van der Waals surface area contributed by atoms with Gasteiger partial charge in [-0.25, -0.2) is 4.98 Å². The molecule has 1 aliphatic carbocycles. The molecule has 1 unspecified atom stereocenters. The molecular formula is C16H27N3. The molecular weight excluding hydrogens is 234 g/mol. The molecule has 0 spiro atoms. The molecule has 1 atom stereocenters. The molecule has 0 saturated heterocycles. The minimum atomic E-state index is 0.603. The number of imidazole rings is 1. The second-order valence-corrected chi connectivity index (χ2v) is 6.25. The van der Waals surface area contributed by atoms with Gasteiger partial charge in [-0.15, -0.1) is 0 Å². The van der Waals surface area contributed by atoms with Crippen molar-refractivity contribution in [1.82, 2.24) is 14.9 Å². The summed E-state index contributed by atoms with van der Waals surface area (Å²) in [5.41, 5.74) is 2.85. The molecule has 106 valence electrons. The predicted octanol–water partition coefficient (Wildman–Crippen LogP) is 3.55. The molecule has 3 rings (SSSR count). The van der Waals surface area contributed by atoms with E-state index in [4.69, 9.17) is 4.98 Å². The fraction of sp³-hybridized carbons (Fsp3) is 0.812. The maximum atomic E-state index is 5.04. The molecule has 2 aliphatic rings. The monoisotopic (exact) mass is 261 g/mol. The van der Waals surface area contributed by atoms with Crippen LogP contribution in [-0.4, -0.2) is 16.1 Å². The molecule has 19 heavy (non-hydrogen) atoms. The summed E-state index contributed by atoms with van der Waals surface area (Å²) < 4.78 is 2.60. The summed E-state index contributed by atoms with van der Waals surface area (Å²) in [5, 5.41) is 3.47. The van der Waals surface area contributed by atoms with Gasteiger partial charge in [-0.2, -0.15) is 0 Å². The summed E-state index contributed by atoms with van der Waals surface area (Å²) in [6, 6.07) is 0.603. The largest absolute Gasteiger partial charge is 0.329 e. The highest BCUT2D eigenvalue weighted by molar-refractivity contribution is 5.23. The Morgan fingerprint density at radius 3 is 2.84 bits per heavy atom. The number of hydrogen-bond donors (Lipinski definition) is 1. The Hall–Kier alpha value is -0.830. The van der Waals surface area contributed by atoms with Gasteiger partial charge in [0.05, 0.1) is 5.69 Å². The first-order chi connectivity index (χ1) is 9.31. The maximum absolute atomic E-state index is 5.04. The zero-order chi connectivity index (χ0) is 13.2. The van der Waals surface area contributed by atoms with Gasteiger partial charge in [0.15, 0.2) is 0 Å². The quantitative estimate of drug-likeness (QED) is 0.902. The molecule has 3 nitrogen and oxygen atoms in total. The molecule has 1 aliphatic heterocycles. The van der Waals surface area contributed by atoms with E-state index in [-0.39, 0.29) is 0 Å². The van der Waals surface area contributed by atoms with Crippen LogP contribution in [0.3, 0.4) is 0 Å². The smallest absolute Gasteiger partial charge is 0.112 e. The molecule has 3 heteroatoms. The van der Waals surface area contributed by atoms with Crippen LogP contribution in [0.2, 0.25) is 0 Å². The van der Waals surface area contributed by atoms with E-state index in [1.165, 1.54) is 55.7 Å². The van der Waals surface area contributed by atoms with Crippen LogP contribution in [0.5, 0.6) is 0 Å². The minimum absolute atomic E-state index is 0.603. The van der Waals surface area contributed by atoms with Gasteiger partial charge in [0, 0.05) is 37.2 Å². The molecule has 1 aromatic rings. The van der Waals surface area contributed by atoms with E-state index >= 15 is 0 Å². The normalized spacial score (nSPS) is 22.2. The summed E-state index contributed by atoms with van der Waals surface area (Å²) in [7, 11) is 0. The SMILES string of the molecule is CCC(C)n1c(C2CCCCC2)nc2c1CCNC2. The number of rotatable bonds is 3. The van der Waals surface area contributed by atoms with E-state index in [9.17, 15) is 0 Å². The highest BCUT2D eigenvalue weighted by Gasteiger charge is 2.27. The Morgan fingerprint density at radius 2 is 2.11 bits per heavy atom. The van der Waals surface area contributed by atoms with Gasteiger partial charge < -0.3 is 9.88 Å². The summed E-state index contributed by atoms with van der Waals surface area (Å²) in [5.74, 6) is 2.12. The number of hydrogen-bond acceptors (Lipinski definition) is 2. The van der Waals surface area contributed by atoms with Gasteiger partial charge in [-0.3, -0.25) is 0 Å². The molecule has 1 fully saturated rings. The topological polar surface area (TPSA) is 29.9 Å². The average molecular weight is 261 g/mol. The van der Waals surface area contributed by atoms with Crippen molar-refractivity contribution in [2.75, 3.05) is 6.54 Å². The van der Waals surface area contributed by atoms with Crippen molar-refractivity contribution < 1.29 is 0 Å². The third-order valence-electron chi connectivity index (χ3n) is 4.95. The van der Waals surface area contributed by atoms with Crippen LogP contribution in [0, 0.1) is 0 Å². The molecule has 1 saturated carbocycles. The molecule has 0 radical (unpaired) electrons. The average Bonchev–Trinajstić information content (AvgIpc) is 2.87. The fourth-order valence-corrected chi connectivity index (χ4v) is 3.68. The molecule has 1 N–H and O–H groups in total. The lowest BCUT2D eigenvalue weighted by molar-refractivity contribution is 0.393. The first-order valence-electron chi connectivity index (χ1n) is 8.11. The lowest BCUT2D eigenvalue weighted by Gasteiger charge is -2.26. The van der Waals surface area contributed by atoms with E-state index in [2.05, 4.69) is 23.7 Å². The predicted molar refractivity (Wildman–Crippen MR) is 78.5 cm³/mol. The van der Waals surface area contributed by atoms with Crippen LogP contribution < -0.4 is 5.32 Å². The summed E-state index contributed by atoms with van der Waals surface area (Å²) in [6.45, 7) is 6.73. The second-order valence-electron chi connectivity index (χ2n) is 6.25. The van der Waals surface area contributed by atoms with Crippen LogP contribution in [-0.2, 0) is 13.0 Å². The molecule has 0 amide bonds. The second kappa shape index (κ2) is 5.66. The molecule has 0 bridgehead atoms.